The number of ether oxygens (including phenoxy) is 4. The van der Waals surface area contributed by atoms with Crippen molar-refractivity contribution in [2.45, 2.75) is 0 Å². The van der Waals surface area contributed by atoms with E-state index in [4.69, 9.17) is 0 Å². The zero-order valence-corrected chi connectivity index (χ0v) is 12.6. The van der Waals surface area contributed by atoms with Gasteiger partial charge in [0.1, 0.15) is 19.9 Å². The van der Waals surface area contributed by atoms with Gasteiger partial charge in [0.2, 0.25) is 0 Å². The van der Waals surface area contributed by atoms with Gasteiger partial charge in [-0.25, -0.2) is 0 Å². The van der Waals surface area contributed by atoms with Crippen LogP contribution in [0.3, 0.4) is 0 Å². The second kappa shape index (κ2) is 19.8. The fraction of sp³-hybridized carbons (Fsp3) is 0.400. The van der Waals surface area contributed by atoms with Gasteiger partial charge in [-0.15, -0.1) is 0 Å². The highest BCUT2D eigenvalue weighted by atomic mass is 16.7. The van der Waals surface area contributed by atoms with E-state index in [1.807, 2.05) is 30.3 Å². The minimum atomic E-state index is 0.389. The zero-order chi connectivity index (χ0) is 15.5. The SMILES string of the molecule is COCOC.COCOC.O=CC=Cc1ccccc1. The van der Waals surface area contributed by atoms with Crippen LogP contribution in [0, 0.1) is 0 Å². The van der Waals surface area contributed by atoms with Crippen LogP contribution >= 0.6 is 0 Å². The lowest BCUT2D eigenvalue weighted by molar-refractivity contribution is -0.104. The van der Waals surface area contributed by atoms with Gasteiger partial charge in [0.05, 0.1) is 0 Å². The first-order valence-electron chi connectivity index (χ1n) is 5.89. The van der Waals surface area contributed by atoms with E-state index in [1.165, 1.54) is 6.08 Å². The summed E-state index contributed by atoms with van der Waals surface area (Å²) < 4.78 is 17.9. The molecule has 0 bridgehead atoms. The summed E-state index contributed by atoms with van der Waals surface area (Å²) in [6.45, 7) is 0.778. The van der Waals surface area contributed by atoms with Crippen molar-refractivity contribution in [1.29, 1.82) is 0 Å². The van der Waals surface area contributed by atoms with Crippen LogP contribution in [0.15, 0.2) is 36.4 Å². The number of carbonyl (C=O) groups excluding carboxylic acids is 1. The van der Waals surface area contributed by atoms with Crippen molar-refractivity contribution in [2.75, 3.05) is 42.0 Å². The van der Waals surface area contributed by atoms with Crippen LogP contribution in [0.2, 0.25) is 0 Å². The number of aldehydes is 1. The van der Waals surface area contributed by atoms with Gasteiger partial charge >= 0.3 is 0 Å². The summed E-state index contributed by atoms with van der Waals surface area (Å²) in [6.07, 6.45) is 4.02. The minimum Gasteiger partial charge on any atom is -0.359 e. The van der Waals surface area contributed by atoms with E-state index >= 15 is 0 Å². The Labute approximate surface area is 121 Å². The van der Waals surface area contributed by atoms with Gasteiger partial charge < -0.3 is 18.9 Å². The van der Waals surface area contributed by atoms with Crippen molar-refractivity contribution < 1.29 is 23.7 Å². The largest absolute Gasteiger partial charge is 0.359 e. The molecule has 114 valence electrons. The van der Waals surface area contributed by atoms with E-state index < -0.39 is 0 Å². The second-order valence-corrected chi connectivity index (χ2v) is 3.30. The molecule has 0 aliphatic rings. The molecule has 20 heavy (non-hydrogen) atoms. The average molecular weight is 284 g/mol. The fourth-order valence-corrected chi connectivity index (χ4v) is 0.950. The predicted octanol–water partition coefficient (Wildman–Crippen LogP) is 2.37. The van der Waals surface area contributed by atoms with Crippen molar-refractivity contribution in [1.82, 2.24) is 0 Å². The van der Waals surface area contributed by atoms with Crippen LogP contribution in [0.5, 0.6) is 0 Å². The number of hydrogen-bond donors (Lipinski definition) is 0. The van der Waals surface area contributed by atoms with Crippen LogP contribution in [-0.4, -0.2) is 48.3 Å². The van der Waals surface area contributed by atoms with E-state index in [9.17, 15) is 4.79 Å². The monoisotopic (exact) mass is 284 g/mol. The quantitative estimate of drug-likeness (QED) is 0.456. The second-order valence-electron chi connectivity index (χ2n) is 3.30. The Morgan fingerprint density at radius 3 is 1.60 bits per heavy atom. The summed E-state index contributed by atoms with van der Waals surface area (Å²) in [4.78, 5) is 9.89. The van der Waals surface area contributed by atoms with Crippen molar-refractivity contribution >= 4 is 12.4 Å². The maximum Gasteiger partial charge on any atom is 0.145 e. The fourth-order valence-electron chi connectivity index (χ4n) is 0.950. The Kier molecular flexibility index (Phi) is 20.6. The number of carbonyl (C=O) groups is 1. The number of benzene rings is 1. The standard InChI is InChI=1S/C9H8O.2C3H8O2/c10-8-4-7-9-5-2-1-3-6-9;2*1-4-3-5-2/h1-8H;2*3H2,1-2H3. The lowest BCUT2D eigenvalue weighted by atomic mass is 10.2. The molecule has 0 unspecified atom stereocenters. The molecule has 0 spiro atoms. The number of methoxy groups -OCH3 is 4. The molecule has 0 saturated carbocycles. The first-order valence-corrected chi connectivity index (χ1v) is 5.89. The van der Waals surface area contributed by atoms with Gasteiger partial charge in [0.25, 0.3) is 0 Å². The number of allylic oxidation sites excluding steroid dienone is 1. The third-order valence-electron chi connectivity index (χ3n) is 1.64. The van der Waals surface area contributed by atoms with Crippen molar-refractivity contribution in [3.8, 4) is 0 Å². The molecular formula is C15H24O5. The lowest BCUT2D eigenvalue weighted by Crippen LogP contribution is -1.87. The van der Waals surface area contributed by atoms with Crippen LogP contribution < -0.4 is 0 Å². The van der Waals surface area contributed by atoms with E-state index in [2.05, 4.69) is 18.9 Å². The van der Waals surface area contributed by atoms with E-state index in [-0.39, 0.29) is 0 Å². The molecule has 0 atom stereocenters. The zero-order valence-electron chi connectivity index (χ0n) is 12.6. The van der Waals surface area contributed by atoms with E-state index in [0.29, 0.717) is 13.6 Å². The molecule has 0 radical (unpaired) electrons. The lowest BCUT2D eigenvalue weighted by Gasteiger charge is -1.87. The smallest absolute Gasteiger partial charge is 0.145 e. The first-order chi connectivity index (χ1) is 9.76. The third-order valence-corrected chi connectivity index (χ3v) is 1.64. The Bertz CT molecular complexity index is 301. The summed E-state index contributed by atoms with van der Waals surface area (Å²) >= 11 is 0. The average Bonchev–Trinajstić information content (AvgIpc) is 2.49. The summed E-state index contributed by atoms with van der Waals surface area (Å²) in [5.74, 6) is 0. The molecule has 0 heterocycles. The predicted molar refractivity (Wildman–Crippen MR) is 79.3 cm³/mol. The number of hydrogen-bond acceptors (Lipinski definition) is 5. The molecule has 0 amide bonds. The molecular weight excluding hydrogens is 260 g/mol. The Balaban J connectivity index is 0. The van der Waals surface area contributed by atoms with Crippen molar-refractivity contribution in [3.63, 3.8) is 0 Å². The van der Waals surface area contributed by atoms with Gasteiger partial charge in [-0.3, -0.25) is 4.79 Å². The summed E-state index contributed by atoms with van der Waals surface area (Å²) in [5.41, 5.74) is 1.05. The third kappa shape index (κ3) is 18.8. The highest BCUT2D eigenvalue weighted by Gasteiger charge is 1.79. The molecule has 0 fully saturated rings. The topological polar surface area (TPSA) is 54.0 Å². The molecule has 0 saturated heterocycles. The molecule has 0 aliphatic heterocycles. The summed E-state index contributed by atoms with van der Waals surface area (Å²) in [6, 6.07) is 9.70. The molecule has 1 aromatic carbocycles. The van der Waals surface area contributed by atoms with E-state index in [0.717, 1.165) is 11.8 Å². The maximum absolute atomic E-state index is 9.89. The van der Waals surface area contributed by atoms with E-state index in [1.54, 1.807) is 34.5 Å². The maximum atomic E-state index is 9.89. The van der Waals surface area contributed by atoms with Crippen molar-refractivity contribution in [2.24, 2.45) is 0 Å². The number of rotatable bonds is 6. The van der Waals surface area contributed by atoms with Gasteiger partial charge in [0, 0.05) is 28.4 Å². The van der Waals surface area contributed by atoms with Crippen LogP contribution in [0.25, 0.3) is 6.08 Å². The van der Waals surface area contributed by atoms with Crippen molar-refractivity contribution in [3.05, 3.63) is 42.0 Å². The molecule has 0 N–H and O–H groups in total. The molecule has 0 aromatic heterocycles. The van der Waals surface area contributed by atoms with Crippen LogP contribution in [-0.2, 0) is 23.7 Å². The molecule has 0 aliphatic carbocycles. The molecule has 1 aromatic rings. The normalized spacial score (nSPS) is 9.20. The van der Waals surface area contributed by atoms with Crippen LogP contribution in [0.1, 0.15) is 5.56 Å². The Morgan fingerprint density at radius 2 is 1.30 bits per heavy atom. The van der Waals surface area contributed by atoms with Gasteiger partial charge in [-0.2, -0.15) is 0 Å². The summed E-state index contributed by atoms with van der Waals surface area (Å²) in [5, 5.41) is 0. The minimum absolute atomic E-state index is 0.389. The Hall–Kier alpha value is -1.53. The van der Waals surface area contributed by atoms with Gasteiger partial charge in [-0.05, 0) is 11.6 Å². The van der Waals surface area contributed by atoms with Gasteiger partial charge in [0.15, 0.2) is 0 Å². The summed E-state index contributed by atoms with van der Waals surface area (Å²) in [7, 11) is 6.35. The van der Waals surface area contributed by atoms with Crippen LogP contribution in [0.4, 0.5) is 0 Å². The highest BCUT2D eigenvalue weighted by molar-refractivity contribution is 5.73. The Morgan fingerprint density at radius 1 is 0.850 bits per heavy atom. The molecule has 5 nitrogen and oxygen atoms in total. The molecule has 5 heteroatoms. The highest BCUT2D eigenvalue weighted by Crippen LogP contribution is 1.99. The first kappa shape index (κ1) is 20.8. The molecule has 1 rings (SSSR count). The van der Waals surface area contributed by atoms with Gasteiger partial charge in [-0.1, -0.05) is 36.4 Å².